The van der Waals surface area contributed by atoms with Gasteiger partial charge in [0.05, 0.1) is 10.7 Å². The van der Waals surface area contributed by atoms with Crippen LogP contribution in [0.3, 0.4) is 0 Å². The summed E-state index contributed by atoms with van der Waals surface area (Å²) in [4.78, 5) is 12.4. The highest BCUT2D eigenvalue weighted by Crippen LogP contribution is 2.23. The third-order valence-electron chi connectivity index (χ3n) is 4.23. The van der Waals surface area contributed by atoms with Crippen molar-refractivity contribution in [3.63, 3.8) is 0 Å². The monoisotopic (exact) mass is 361 g/mol. The van der Waals surface area contributed by atoms with E-state index in [9.17, 15) is 18.5 Å². The summed E-state index contributed by atoms with van der Waals surface area (Å²) in [6.07, 6.45) is 0. The molecule has 3 rings (SSSR count). The summed E-state index contributed by atoms with van der Waals surface area (Å²) < 4.78 is 26.6. The Morgan fingerprint density at radius 3 is 2.28 bits per heavy atom. The fourth-order valence-corrected chi connectivity index (χ4v) is 4.42. The van der Waals surface area contributed by atoms with Gasteiger partial charge in [0.2, 0.25) is 10.0 Å². The van der Waals surface area contributed by atoms with Gasteiger partial charge >= 0.3 is 0 Å². The molecule has 2 aromatic carbocycles. The predicted octanol–water partition coefficient (Wildman–Crippen LogP) is 2.25. The lowest BCUT2D eigenvalue weighted by Gasteiger charge is -2.35. The third kappa shape index (κ3) is 4.15. The van der Waals surface area contributed by atoms with Gasteiger partial charge in [-0.25, -0.2) is 8.42 Å². The van der Waals surface area contributed by atoms with E-state index < -0.39 is 14.9 Å². The minimum atomic E-state index is -3.37. The molecule has 0 N–H and O–H groups in total. The highest BCUT2D eigenvalue weighted by atomic mass is 32.2. The molecule has 132 valence electrons. The van der Waals surface area contributed by atoms with Gasteiger partial charge in [-0.05, 0) is 11.6 Å². The minimum absolute atomic E-state index is 0.00928. The van der Waals surface area contributed by atoms with Gasteiger partial charge in [0.1, 0.15) is 0 Å². The van der Waals surface area contributed by atoms with Gasteiger partial charge in [-0.15, -0.1) is 0 Å². The fraction of sp³-hybridized carbons (Fsp3) is 0.294. The highest BCUT2D eigenvalue weighted by molar-refractivity contribution is 7.88. The Morgan fingerprint density at radius 2 is 1.64 bits per heavy atom. The number of nitro benzene ring substituents is 1. The van der Waals surface area contributed by atoms with Gasteiger partial charge in [-0.2, -0.15) is 4.31 Å². The third-order valence-corrected chi connectivity index (χ3v) is 6.08. The Balaban J connectivity index is 1.65. The molecule has 8 heteroatoms. The van der Waals surface area contributed by atoms with Crippen molar-refractivity contribution in [3.05, 3.63) is 70.3 Å². The van der Waals surface area contributed by atoms with Crippen molar-refractivity contribution in [2.45, 2.75) is 5.75 Å². The second-order valence-electron chi connectivity index (χ2n) is 5.90. The second-order valence-corrected chi connectivity index (χ2v) is 7.87. The minimum Gasteiger partial charge on any atom is -0.369 e. The molecule has 0 bridgehead atoms. The zero-order valence-electron chi connectivity index (χ0n) is 13.6. The Kier molecular flexibility index (Phi) is 5.00. The average Bonchev–Trinajstić information content (AvgIpc) is 2.62. The first-order valence-corrected chi connectivity index (χ1v) is 9.58. The number of rotatable bonds is 5. The van der Waals surface area contributed by atoms with Crippen molar-refractivity contribution < 1.29 is 13.3 Å². The van der Waals surface area contributed by atoms with Gasteiger partial charge in [0, 0.05) is 44.0 Å². The lowest BCUT2D eigenvalue weighted by Crippen LogP contribution is -2.49. The van der Waals surface area contributed by atoms with Crippen LogP contribution in [0, 0.1) is 10.1 Å². The summed E-state index contributed by atoms with van der Waals surface area (Å²) in [5.41, 5.74) is 1.55. The maximum Gasteiger partial charge on any atom is 0.271 e. The van der Waals surface area contributed by atoms with E-state index in [1.54, 1.807) is 24.3 Å². The zero-order chi connectivity index (χ0) is 17.9. The summed E-state index contributed by atoms with van der Waals surface area (Å²) in [7, 11) is -3.37. The molecule has 0 amide bonds. The normalized spacial score (nSPS) is 15.9. The number of piperazine rings is 1. The van der Waals surface area contributed by atoms with Gasteiger partial charge in [0.25, 0.3) is 5.69 Å². The molecule has 0 saturated carbocycles. The molecule has 1 aliphatic heterocycles. The van der Waals surface area contributed by atoms with Crippen LogP contribution in [0.25, 0.3) is 0 Å². The number of sulfonamides is 1. The van der Waals surface area contributed by atoms with E-state index in [0.717, 1.165) is 11.3 Å². The largest absolute Gasteiger partial charge is 0.369 e. The predicted molar refractivity (Wildman–Crippen MR) is 95.9 cm³/mol. The maximum atomic E-state index is 12.6. The number of nitro groups is 1. The summed E-state index contributed by atoms with van der Waals surface area (Å²) in [5, 5.41) is 10.9. The van der Waals surface area contributed by atoms with Crippen LogP contribution >= 0.6 is 0 Å². The van der Waals surface area contributed by atoms with E-state index >= 15 is 0 Å². The van der Waals surface area contributed by atoms with Crippen LogP contribution in [0.5, 0.6) is 0 Å². The molecule has 0 radical (unpaired) electrons. The van der Waals surface area contributed by atoms with Crippen LogP contribution < -0.4 is 4.90 Å². The van der Waals surface area contributed by atoms with E-state index in [4.69, 9.17) is 0 Å². The van der Waals surface area contributed by atoms with Gasteiger partial charge in [-0.3, -0.25) is 10.1 Å². The van der Waals surface area contributed by atoms with Crippen molar-refractivity contribution in [2.75, 3.05) is 31.1 Å². The Hall–Kier alpha value is -2.45. The second kappa shape index (κ2) is 7.20. The van der Waals surface area contributed by atoms with Crippen molar-refractivity contribution in [1.29, 1.82) is 0 Å². The van der Waals surface area contributed by atoms with Crippen molar-refractivity contribution in [1.82, 2.24) is 4.31 Å². The first-order valence-electron chi connectivity index (χ1n) is 7.97. The number of benzene rings is 2. The smallest absolute Gasteiger partial charge is 0.271 e. The molecule has 0 aliphatic carbocycles. The van der Waals surface area contributed by atoms with Crippen LogP contribution in [0.1, 0.15) is 5.56 Å². The molecule has 7 nitrogen and oxygen atoms in total. The summed E-state index contributed by atoms with van der Waals surface area (Å²) in [5.74, 6) is -0.00928. The van der Waals surface area contributed by atoms with Crippen LogP contribution in [-0.2, 0) is 15.8 Å². The molecule has 0 atom stereocenters. The number of nitrogens with zero attached hydrogens (tertiary/aromatic N) is 3. The first kappa shape index (κ1) is 17.4. The highest BCUT2D eigenvalue weighted by Gasteiger charge is 2.27. The molecule has 2 aromatic rings. The molecule has 25 heavy (non-hydrogen) atoms. The molecule has 1 heterocycles. The van der Waals surface area contributed by atoms with E-state index in [2.05, 4.69) is 0 Å². The lowest BCUT2D eigenvalue weighted by atomic mass is 10.2. The van der Waals surface area contributed by atoms with Crippen LogP contribution in [0.4, 0.5) is 11.4 Å². The van der Waals surface area contributed by atoms with Crippen LogP contribution in [-0.4, -0.2) is 43.8 Å². The van der Waals surface area contributed by atoms with Gasteiger partial charge in [0.15, 0.2) is 0 Å². The fourth-order valence-electron chi connectivity index (χ4n) is 2.90. The topological polar surface area (TPSA) is 83.8 Å². The van der Waals surface area contributed by atoms with E-state index in [-0.39, 0.29) is 11.4 Å². The molecule has 1 saturated heterocycles. The van der Waals surface area contributed by atoms with E-state index in [1.165, 1.54) is 16.4 Å². The average molecular weight is 361 g/mol. The number of non-ortho nitro benzene ring substituents is 1. The molecule has 0 spiro atoms. The molecule has 1 aliphatic rings. The number of anilines is 1. The Bertz CT molecular complexity index is 847. The summed E-state index contributed by atoms with van der Waals surface area (Å²) >= 11 is 0. The van der Waals surface area contributed by atoms with Crippen LogP contribution in [0.2, 0.25) is 0 Å². The Morgan fingerprint density at radius 1 is 0.960 bits per heavy atom. The Labute approximate surface area is 146 Å². The SMILES string of the molecule is O=[N+]([O-])c1cccc(N2CCN(S(=O)(=O)Cc3ccccc3)CC2)c1. The molecule has 0 aromatic heterocycles. The lowest BCUT2D eigenvalue weighted by molar-refractivity contribution is -0.384. The molecular weight excluding hydrogens is 342 g/mol. The van der Waals surface area contributed by atoms with Crippen molar-refractivity contribution >= 4 is 21.4 Å². The summed E-state index contributed by atoms with van der Waals surface area (Å²) in [6, 6.07) is 15.5. The number of hydrogen-bond donors (Lipinski definition) is 0. The van der Waals surface area contributed by atoms with Crippen molar-refractivity contribution in [3.8, 4) is 0 Å². The zero-order valence-corrected chi connectivity index (χ0v) is 14.4. The van der Waals surface area contributed by atoms with E-state index in [1.807, 2.05) is 23.1 Å². The standard InChI is InChI=1S/C17H19N3O4S/c21-20(22)17-8-4-7-16(13-17)18-9-11-19(12-10-18)25(23,24)14-15-5-2-1-3-6-15/h1-8,13H,9-12,14H2. The molecule has 1 fully saturated rings. The molecular formula is C17H19N3O4S. The molecule has 0 unspecified atom stereocenters. The quantitative estimate of drug-likeness (QED) is 0.602. The number of hydrogen-bond acceptors (Lipinski definition) is 5. The van der Waals surface area contributed by atoms with E-state index in [0.29, 0.717) is 26.2 Å². The van der Waals surface area contributed by atoms with Gasteiger partial charge in [-0.1, -0.05) is 36.4 Å². The van der Waals surface area contributed by atoms with Crippen molar-refractivity contribution in [2.24, 2.45) is 0 Å². The maximum absolute atomic E-state index is 12.6. The summed E-state index contributed by atoms with van der Waals surface area (Å²) in [6.45, 7) is 1.76. The van der Waals surface area contributed by atoms with Crippen LogP contribution in [0.15, 0.2) is 54.6 Å². The van der Waals surface area contributed by atoms with Gasteiger partial charge < -0.3 is 4.90 Å². The first-order chi connectivity index (χ1) is 12.0.